The monoisotopic (exact) mass is 251 g/mol. The lowest BCUT2D eigenvalue weighted by molar-refractivity contribution is 0.584. The lowest BCUT2D eigenvalue weighted by Crippen LogP contribution is -2.01. The van der Waals surface area contributed by atoms with E-state index in [-0.39, 0.29) is 5.82 Å². The van der Waals surface area contributed by atoms with Crippen LogP contribution in [0.15, 0.2) is 36.4 Å². The van der Waals surface area contributed by atoms with Gasteiger partial charge in [-0.3, -0.25) is 0 Å². The first-order valence-electron chi connectivity index (χ1n) is 5.49. The van der Waals surface area contributed by atoms with Gasteiger partial charge in [0, 0.05) is 18.3 Å². The summed E-state index contributed by atoms with van der Waals surface area (Å²) in [5, 5.41) is 2.84. The molecule has 1 N–H and O–H groups in total. The molecule has 0 heterocycles. The first-order valence-corrected chi connectivity index (χ1v) is 5.49. The van der Waals surface area contributed by atoms with E-state index in [4.69, 9.17) is 0 Å². The zero-order valence-corrected chi connectivity index (χ0v) is 9.81. The van der Waals surface area contributed by atoms with E-state index in [1.807, 2.05) is 0 Å². The molecule has 2 rings (SSSR count). The van der Waals surface area contributed by atoms with Gasteiger partial charge in [-0.1, -0.05) is 12.1 Å². The van der Waals surface area contributed by atoms with E-state index < -0.39 is 11.6 Å². The maximum Gasteiger partial charge on any atom is 0.128 e. The van der Waals surface area contributed by atoms with Crippen molar-refractivity contribution in [1.82, 2.24) is 0 Å². The molecule has 0 bridgehead atoms. The summed E-state index contributed by atoms with van der Waals surface area (Å²) in [6.45, 7) is 1.98. The lowest BCUT2D eigenvalue weighted by atomic mass is 10.1. The van der Waals surface area contributed by atoms with Gasteiger partial charge in [0.1, 0.15) is 17.5 Å². The third-order valence-electron chi connectivity index (χ3n) is 2.60. The van der Waals surface area contributed by atoms with Gasteiger partial charge in [-0.25, -0.2) is 13.2 Å². The van der Waals surface area contributed by atoms with Crippen molar-refractivity contribution in [2.24, 2.45) is 0 Å². The molecule has 0 saturated carbocycles. The van der Waals surface area contributed by atoms with Gasteiger partial charge in [-0.15, -0.1) is 0 Å². The zero-order chi connectivity index (χ0) is 13.1. The van der Waals surface area contributed by atoms with Gasteiger partial charge < -0.3 is 5.32 Å². The third kappa shape index (κ3) is 3.03. The van der Waals surface area contributed by atoms with Crippen LogP contribution >= 0.6 is 0 Å². The number of hydrogen-bond donors (Lipinski definition) is 1. The van der Waals surface area contributed by atoms with Crippen molar-refractivity contribution in [2.45, 2.75) is 13.5 Å². The van der Waals surface area contributed by atoms with E-state index in [1.54, 1.807) is 19.1 Å². The highest BCUT2D eigenvalue weighted by Gasteiger charge is 2.02. The van der Waals surface area contributed by atoms with Gasteiger partial charge >= 0.3 is 0 Å². The fraction of sp³-hybridized carbons (Fsp3) is 0.143. The Morgan fingerprint density at radius 1 is 0.944 bits per heavy atom. The molecule has 0 atom stereocenters. The molecule has 94 valence electrons. The third-order valence-corrected chi connectivity index (χ3v) is 2.60. The molecule has 0 aliphatic heterocycles. The van der Waals surface area contributed by atoms with Gasteiger partial charge in [0.05, 0.1) is 0 Å². The Morgan fingerprint density at radius 3 is 2.22 bits per heavy atom. The van der Waals surface area contributed by atoms with Crippen molar-refractivity contribution < 1.29 is 13.2 Å². The van der Waals surface area contributed by atoms with Crippen molar-refractivity contribution in [1.29, 1.82) is 0 Å². The highest BCUT2D eigenvalue weighted by Crippen LogP contribution is 2.15. The second-order valence-electron chi connectivity index (χ2n) is 4.10. The molecule has 18 heavy (non-hydrogen) atoms. The van der Waals surface area contributed by atoms with Crippen molar-refractivity contribution in [3.05, 3.63) is 65.0 Å². The standard InChI is InChI=1S/C14H12F3N/c1-9-2-3-10(4-14(9)17)8-18-13-6-11(15)5-12(16)7-13/h2-7,18H,8H2,1H3. The predicted molar refractivity (Wildman–Crippen MR) is 64.8 cm³/mol. The number of benzene rings is 2. The van der Waals surface area contributed by atoms with Gasteiger partial charge in [-0.2, -0.15) is 0 Å². The predicted octanol–water partition coefficient (Wildman–Crippen LogP) is 4.02. The van der Waals surface area contributed by atoms with Crippen LogP contribution in [-0.2, 0) is 6.54 Å². The first kappa shape index (κ1) is 12.5. The number of anilines is 1. The van der Waals surface area contributed by atoms with E-state index in [0.29, 0.717) is 23.4 Å². The number of halogens is 3. The summed E-state index contributed by atoms with van der Waals surface area (Å²) in [6.07, 6.45) is 0. The van der Waals surface area contributed by atoms with Crippen LogP contribution in [0.4, 0.5) is 18.9 Å². The summed E-state index contributed by atoms with van der Waals surface area (Å²) < 4.78 is 39.1. The van der Waals surface area contributed by atoms with E-state index >= 15 is 0 Å². The van der Waals surface area contributed by atoms with Gasteiger partial charge in [0.2, 0.25) is 0 Å². The van der Waals surface area contributed by atoms with E-state index in [2.05, 4.69) is 5.32 Å². The smallest absolute Gasteiger partial charge is 0.128 e. The normalized spacial score (nSPS) is 10.4. The molecule has 0 spiro atoms. The highest BCUT2D eigenvalue weighted by atomic mass is 19.1. The van der Waals surface area contributed by atoms with Crippen molar-refractivity contribution in [2.75, 3.05) is 5.32 Å². The van der Waals surface area contributed by atoms with Crippen molar-refractivity contribution in [3.63, 3.8) is 0 Å². The maximum atomic E-state index is 13.3. The van der Waals surface area contributed by atoms with Crippen LogP contribution in [-0.4, -0.2) is 0 Å². The van der Waals surface area contributed by atoms with Crippen LogP contribution in [0.1, 0.15) is 11.1 Å². The second-order valence-corrected chi connectivity index (χ2v) is 4.10. The Morgan fingerprint density at radius 2 is 1.61 bits per heavy atom. The van der Waals surface area contributed by atoms with Crippen LogP contribution in [0.3, 0.4) is 0 Å². The van der Waals surface area contributed by atoms with E-state index in [0.717, 1.165) is 6.07 Å². The van der Waals surface area contributed by atoms with Crippen LogP contribution < -0.4 is 5.32 Å². The minimum Gasteiger partial charge on any atom is -0.381 e. The quantitative estimate of drug-likeness (QED) is 0.868. The van der Waals surface area contributed by atoms with Crippen LogP contribution in [0.2, 0.25) is 0 Å². The maximum absolute atomic E-state index is 13.3. The number of hydrogen-bond acceptors (Lipinski definition) is 1. The van der Waals surface area contributed by atoms with E-state index in [9.17, 15) is 13.2 Å². The molecule has 0 fully saturated rings. The van der Waals surface area contributed by atoms with Crippen molar-refractivity contribution in [3.8, 4) is 0 Å². The largest absolute Gasteiger partial charge is 0.381 e. The molecular formula is C14H12F3N. The number of aryl methyl sites for hydroxylation is 1. The van der Waals surface area contributed by atoms with Gasteiger partial charge in [0.25, 0.3) is 0 Å². The summed E-state index contributed by atoms with van der Waals surface area (Å²) in [7, 11) is 0. The molecule has 0 amide bonds. The molecule has 0 radical (unpaired) electrons. The Bertz CT molecular complexity index is 547. The molecule has 0 unspecified atom stereocenters. The number of nitrogens with one attached hydrogen (secondary N) is 1. The molecular weight excluding hydrogens is 239 g/mol. The Hall–Kier alpha value is -1.97. The van der Waals surface area contributed by atoms with Gasteiger partial charge in [0.15, 0.2) is 0 Å². The summed E-state index contributed by atoms with van der Waals surface area (Å²) in [5.41, 5.74) is 1.60. The average Bonchev–Trinajstić information content (AvgIpc) is 2.29. The summed E-state index contributed by atoms with van der Waals surface area (Å²) >= 11 is 0. The molecule has 0 aliphatic rings. The molecule has 0 aliphatic carbocycles. The van der Waals surface area contributed by atoms with Crippen molar-refractivity contribution >= 4 is 5.69 Å². The molecule has 0 aromatic heterocycles. The highest BCUT2D eigenvalue weighted by molar-refractivity contribution is 5.44. The van der Waals surface area contributed by atoms with E-state index in [1.165, 1.54) is 18.2 Å². The van der Waals surface area contributed by atoms with Crippen LogP contribution in [0, 0.1) is 24.4 Å². The minimum atomic E-state index is -0.646. The Labute approximate surface area is 103 Å². The molecule has 2 aromatic rings. The Kier molecular flexibility index (Phi) is 3.55. The molecule has 1 nitrogen and oxygen atoms in total. The SMILES string of the molecule is Cc1ccc(CNc2cc(F)cc(F)c2)cc1F. The molecule has 4 heteroatoms. The number of rotatable bonds is 3. The molecule has 2 aromatic carbocycles. The average molecular weight is 251 g/mol. The summed E-state index contributed by atoms with van der Waals surface area (Å²) in [5.74, 6) is -1.58. The van der Waals surface area contributed by atoms with Gasteiger partial charge in [-0.05, 0) is 36.2 Å². The second kappa shape index (κ2) is 5.12. The summed E-state index contributed by atoms with van der Waals surface area (Å²) in [4.78, 5) is 0. The zero-order valence-electron chi connectivity index (χ0n) is 9.81. The molecule has 0 saturated heterocycles. The minimum absolute atomic E-state index is 0.292. The van der Waals surface area contributed by atoms with Crippen LogP contribution in [0.25, 0.3) is 0 Å². The van der Waals surface area contributed by atoms with Crippen LogP contribution in [0.5, 0.6) is 0 Å². The summed E-state index contributed by atoms with van der Waals surface area (Å²) in [6, 6.07) is 8.01. The topological polar surface area (TPSA) is 12.0 Å². The lowest BCUT2D eigenvalue weighted by Gasteiger charge is -2.07. The first-order chi connectivity index (χ1) is 8.54. The Balaban J connectivity index is 2.08. The fourth-order valence-electron chi connectivity index (χ4n) is 1.61. The fourth-order valence-corrected chi connectivity index (χ4v) is 1.61.